The van der Waals surface area contributed by atoms with Crippen molar-refractivity contribution < 1.29 is 48.1 Å². The van der Waals surface area contributed by atoms with Crippen LogP contribution in [-0.4, -0.2) is 78.4 Å². The molecule has 1 fully saturated rings. The standard InChI is InChI=1S/C32H31FIN6O9P/c1-16(28(42)43)39-50(45)49-24-20-7-5-4-6-18(20)10-13-21(24)47-15-22-25(41)32(2,44)29(48-22)40-26-23(36-30(40)34)27(46-3)38-31(37-26)35-14-17-8-11-19(33)12-9-17/h4-13,16,22,25,29,41,44H,14-15H2,1-3H3,(H,42,43)(H,35,37,38)/t16?,22-,25-,29-,32-/m1/s1. The molecule has 1 saturated heterocycles. The molecule has 2 unspecified atom stereocenters. The van der Waals surface area contributed by atoms with Gasteiger partial charge in [-0.25, -0.2) is 14.2 Å². The molecule has 15 nitrogen and oxygen atoms in total. The van der Waals surface area contributed by atoms with E-state index in [2.05, 4.69) is 25.0 Å². The Labute approximate surface area is 298 Å². The maximum Gasteiger partial charge on any atom is 0.395 e. The number of carboxylic acid groups (broad SMARTS) is 1. The summed E-state index contributed by atoms with van der Waals surface area (Å²) >= 11 is 1.96. The van der Waals surface area contributed by atoms with Gasteiger partial charge in [0.25, 0.3) is 0 Å². The van der Waals surface area contributed by atoms with Crippen LogP contribution in [0, 0.1) is 9.65 Å². The molecule has 6 rings (SSSR count). The number of hydrogen-bond donors (Lipinski definition) is 4. The molecule has 5 aromatic rings. The number of hydrogen-bond acceptors (Lipinski definition) is 13. The summed E-state index contributed by atoms with van der Waals surface area (Å²) in [5.74, 6) is -1.12. The zero-order valence-electron chi connectivity index (χ0n) is 26.7. The fraction of sp³-hybridized carbons (Fsp3) is 0.312. The molecule has 3 heterocycles. The molecule has 0 saturated carbocycles. The second-order valence-corrected chi connectivity index (χ2v) is 13.4. The molecule has 6 atom stereocenters. The lowest BCUT2D eigenvalue weighted by atomic mass is 9.96. The van der Waals surface area contributed by atoms with Crippen molar-refractivity contribution >= 4 is 64.6 Å². The van der Waals surface area contributed by atoms with Gasteiger partial charge < -0.3 is 39.7 Å². The highest BCUT2D eigenvalue weighted by molar-refractivity contribution is 14.1. The number of aliphatic hydroxyl groups excluding tert-OH is 1. The summed E-state index contributed by atoms with van der Waals surface area (Å²) in [4.78, 5) is 37.5. The van der Waals surface area contributed by atoms with Gasteiger partial charge in [0.1, 0.15) is 30.2 Å². The quantitative estimate of drug-likeness (QED) is 0.0795. The maximum absolute atomic E-state index is 13.4. The van der Waals surface area contributed by atoms with Crippen LogP contribution in [0.25, 0.3) is 21.9 Å². The first-order chi connectivity index (χ1) is 23.9. The lowest BCUT2D eigenvalue weighted by Crippen LogP contribution is -2.45. The predicted octanol–water partition coefficient (Wildman–Crippen LogP) is 4.14. The van der Waals surface area contributed by atoms with Crippen molar-refractivity contribution in [2.24, 2.45) is 4.74 Å². The molecule has 0 spiro atoms. The number of rotatable bonds is 12. The van der Waals surface area contributed by atoms with E-state index in [1.807, 2.05) is 22.6 Å². The van der Waals surface area contributed by atoms with Crippen LogP contribution in [0.4, 0.5) is 10.3 Å². The highest BCUT2D eigenvalue weighted by Gasteiger charge is 2.54. The lowest BCUT2D eigenvalue weighted by Gasteiger charge is -2.27. The fourth-order valence-electron chi connectivity index (χ4n) is 5.38. The van der Waals surface area contributed by atoms with Gasteiger partial charge in [0.15, 0.2) is 33.0 Å². The van der Waals surface area contributed by atoms with Crippen LogP contribution in [0.1, 0.15) is 25.6 Å². The van der Waals surface area contributed by atoms with Gasteiger partial charge in [-0.15, -0.1) is 0 Å². The lowest BCUT2D eigenvalue weighted by molar-refractivity contribution is -0.169. The number of anilines is 1. The van der Waals surface area contributed by atoms with Crippen LogP contribution < -0.4 is 24.2 Å². The first-order valence-corrected chi connectivity index (χ1v) is 17.3. The number of aliphatic carboxylic acids is 1. The van der Waals surface area contributed by atoms with Crippen LogP contribution in [0.2, 0.25) is 0 Å². The van der Waals surface area contributed by atoms with E-state index in [0.717, 1.165) is 10.9 Å². The van der Waals surface area contributed by atoms with Crippen molar-refractivity contribution in [2.75, 3.05) is 19.0 Å². The Morgan fingerprint density at radius 3 is 2.66 bits per heavy atom. The van der Waals surface area contributed by atoms with E-state index < -0.39 is 44.2 Å². The maximum atomic E-state index is 13.4. The SMILES string of the molecule is COc1nc(NCc2ccc(F)cc2)nc2c1nc(I)n2[C@@H]1O[C@H](COc2ccc3ccccc3c2O[P+]([O-])=NC(C)C(=O)O)[C@@H](O)[C@@]1(C)O. The largest absolute Gasteiger partial charge is 0.575 e. The van der Waals surface area contributed by atoms with E-state index in [1.165, 1.54) is 37.7 Å². The topological polar surface area (TPSA) is 206 Å². The molecule has 1 aliphatic rings. The first kappa shape index (κ1) is 35.6. The number of carboxylic acids is 1. The highest BCUT2D eigenvalue weighted by Crippen LogP contribution is 2.44. The van der Waals surface area contributed by atoms with Crippen molar-refractivity contribution in [3.8, 4) is 17.4 Å². The Morgan fingerprint density at radius 1 is 1.20 bits per heavy atom. The van der Waals surface area contributed by atoms with Gasteiger partial charge in [0.2, 0.25) is 17.6 Å². The Hall–Kier alpha value is -4.26. The number of aliphatic hydroxyl groups is 2. The smallest absolute Gasteiger partial charge is 0.395 e. The summed E-state index contributed by atoms with van der Waals surface area (Å²) in [5.41, 5.74) is -0.566. The van der Waals surface area contributed by atoms with E-state index >= 15 is 0 Å². The molecule has 0 bridgehead atoms. The molecule has 262 valence electrons. The number of carbonyl (C=O) groups is 1. The average molecular weight is 821 g/mol. The summed E-state index contributed by atoms with van der Waals surface area (Å²) in [5, 5.41) is 36.5. The second kappa shape index (κ2) is 14.5. The minimum atomic E-state index is -2.80. The van der Waals surface area contributed by atoms with Crippen molar-refractivity contribution in [3.05, 3.63) is 75.9 Å². The Balaban J connectivity index is 1.28. The van der Waals surface area contributed by atoms with Gasteiger partial charge in [0, 0.05) is 34.5 Å². The predicted molar refractivity (Wildman–Crippen MR) is 185 cm³/mol. The number of nitrogens with zero attached hydrogens (tertiary/aromatic N) is 5. The summed E-state index contributed by atoms with van der Waals surface area (Å²) in [6, 6.07) is 15.1. The number of imidazole rings is 1. The third-order valence-corrected chi connectivity index (χ3v) is 9.69. The number of methoxy groups -OCH3 is 1. The number of ether oxygens (including phenoxy) is 3. The molecule has 0 aliphatic carbocycles. The first-order valence-electron chi connectivity index (χ1n) is 15.1. The van der Waals surface area contributed by atoms with Gasteiger partial charge >= 0.3 is 14.1 Å². The Bertz CT molecular complexity index is 2080. The Morgan fingerprint density at radius 2 is 1.94 bits per heavy atom. The van der Waals surface area contributed by atoms with Gasteiger partial charge in [-0.05, 0) is 43.0 Å². The zero-order chi connectivity index (χ0) is 35.7. The molecule has 18 heteroatoms. The van der Waals surface area contributed by atoms with E-state index in [-0.39, 0.29) is 53.5 Å². The molecule has 0 radical (unpaired) electrons. The van der Waals surface area contributed by atoms with Gasteiger partial charge in [-0.1, -0.05) is 47.2 Å². The van der Waals surface area contributed by atoms with Gasteiger partial charge in [0.05, 0.1) is 7.11 Å². The van der Waals surface area contributed by atoms with E-state index in [0.29, 0.717) is 9.22 Å². The van der Waals surface area contributed by atoms with Crippen molar-refractivity contribution in [2.45, 2.75) is 50.5 Å². The Kier molecular flexibility index (Phi) is 10.3. The third-order valence-electron chi connectivity index (χ3n) is 8.05. The summed E-state index contributed by atoms with van der Waals surface area (Å²) in [6.45, 7) is 2.68. The van der Waals surface area contributed by atoms with Crippen molar-refractivity contribution in [1.82, 2.24) is 19.5 Å². The fourth-order valence-corrected chi connectivity index (χ4v) is 6.88. The van der Waals surface area contributed by atoms with Gasteiger partial charge in [-0.3, -0.25) is 9.09 Å². The van der Waals surface area contributed by atoms with E-state index in [4.69, 9.17) is 18.7 Å². The number of halogens is 2. The molecular weight excluding hydrogens is 789 g/mol. The van der Waals surface area contributed by atoms with E-state index in [1.54, 1.807) is 48.5 Å². The highest BCUT2D eigenvalue weighted by atomic mass is 127. The molecule has 0 amide bonds. The van der Waals surface area contributed by atoms with Gasteiger partial charge in [-0.2, -0.15) is 9.97 Å². The minimum absolute atomic E-state index is 0.0564. The molecule has 2 aromatic heterocycles. The number of benzene rings is 3. The van der Waals surface area contributed by atoms with Crippen LogP contribution in [-0.2, 0) is 16.1 Å². The number of aromatic nitrogens is 4. The zero-order valence-corrected chi connectivity index (χ0v) is 29.8. The van der Waals surface area contributed by atoms with E-state index in [9.17, 15) is 29.4 Å². The summed E-state index contributed by atoms with van der Waals surface area (Å²) < 4.78 is 42.4. The van der Waals surface area contributed by atoms with Crippen LogP contribution in [0.15, 0.2) is 65.4 Å². The molecule has 1 aliphatic heterocycles. The van der Waals surface area contributed by atoms with Crippen molar-refractivity contribution in [1.29, 1.82) is 0 Å². The normalized spacial score (nSPS) is 21.4. The molecule has 4 N–H and O–H groups in total. The summed E-state index contributed by atoms with van der Waals surface area (Å²) in [7, 11) is -1.37. The number of fused-ring (bicyclic) bond motifs is 2. The molecular formula is C32H31FIN6O9P. The van der Waals surface area contributed by atoms with Crippen LogP contribution in [0.3, 0.4) is 0 Å². The minimum Gasteiger partial charge on any atom is -0.575 e. The third kappa shape index (κ3) is 7.15. The molecule has 50 heavy (non-hydrogen) atoms. The van der Waals surface area contributed by atoms with Crippen LogP contribution in [0.5, 0.6) is 17.4 Å². The second-order valence-electron chi connectivity index (χ2n) is 11.5. The van der Waals surface area contributed by atoms with Crippen molar-refractivity contribution in [3.63, 3.8) is 0 Å². The molecule has 3 aromatic carbocycles. The monoisotopic (exact) mass is 820 g/mol. The average Bonchev–Trinajstić information content (AvgIpc) is 3.53. The number of nitrogens with one attached hydrogen (secondary N) is 1. The summed E-state index contributed by atoms with van der Waals surface area (Å²) in [6.07, 6.45) is -3.76. The van der Waals surface area contributed by atoms with Crippen LogP contribution >= 0.6 is 30.8 Å².